The van der Waals surface area contributed by atoms with E-state index in [2.05, 4.69) is 17.2 Å². The molecular formula is C11H18N2OS2. The molecule has 3 nitrogen and oxygen atoms in total. The maximum Gasteiger partial charge on any atom is 0.150 e. The molecule has 1 saturated heterocycles. The molecule has 1 aromatic rings. The standard InChI is InChI=1S/C11H18N2OS2/c1-9(16-11-13-4-6-15-11)7-12-8-10-3-2-5-14-10/h4,6,9-10,12H,2-3,5,7-8H2,1H3. The molecular weight excluding hydrogens is 240 g/mol. The molecule has 16 heavy (non-hydrogen) atoms. The van der Waals surface area contributed by atoms with E-state index in [1.54, 1.807) is 11.3 Å². The van der Waals surface area contributed by atoms with E-state index in [1.807, 2.05) is 23.3 Å². The molecule has 0 radical (unpaired) electrons. The Kier molecular flexibility index (Phi) is 5.09. The van der Waals surface area contributed by atoms with Crippen LogP contribution < -0.4 is 5.32 Å². The zero-order chi connectivity index (χ0) is 11.2. The highest BCUT2D eigenvalue weighted by atomic mass is 32.2. The van der Waals surface area contributed by atoms with Crippen LogP contribution in [0.15, 0.2) is 15.9 Å². The van der Waals surface area contributed by atoms with Crippen molar-refractivity contribution in [1.29, 1.82) is 0 Å². The maximum atomic E-state index is 5.56. The Labute approximate surface area is 105 Å². The second kappa shape index (κ2) is 6.59. The van der Waals surface area contributed by atoms with Crippen molar-refractivity contribution in [3.05, 3.63) is 11.6 Å². The average molecular weight is 258 g/mol. The van der Waals surface area contributed by atoms with Gasteiger partial charge >= 0.3 is 0 Å². The van der Waals surface area contributed by atoms with Gasteiger partial charge in [0.25, 0.3) is 0 Å². The Morgan fingerprint density at radius 1 is 1.75 bits per heavy atom. The number of thiazole rings is 1. The van der Waals surface area contributed by atoms with E-state index < -0.39 is 0 Å². The van der Waals surface area contributed by atoms with Crippen molar-refractivity contribution in [2.75, 3.05) is 19.7 Å². The van der Waals surface area contributed by atoms with E-state index in [-0.39, 0.29) is 0 Å². The third-order valence-electron chi connectivity index (χ3n) is 2.54. The Balaban J connectivity index is 1.58. The number of thioether (sulfide) groups is 1. The van der Waals surface area contributed by atoms with Crippen molar-refractivity contribution in [1.82, 2.24) is 10.3 Å². The molecule has 0 amide bonds. The fourth-order valence-corrected chi connectivity index (χ4v) is 3.64. The van der Waals surface area contributed by atoms with Crippen LogP contribution in [0.2, 0.25) is 0 Å². The molecule has 1 aromatic heterocycles. The van der Waals surface area contributed by atoms with Crippen LogP contribution in [0, 0.1) is 0 Å². The molecule has 1 aliphatic rings. The van der Waals surface area contributed by atoms with Crippen LogP contribution in [0.1, 0.15) is 19.8 Å². The quantitative estimate of drug-likeness (QED) is 0.795. The van der Waals surface area contributed by atoms with Gasteiger partial charge in [-0.3, -0.25) is 0 Å². The average Bonchev–Trinajstić information content (AvgIpc) is 2.90. The summed E-state index contributed by atoms with van der Waals surface area (Å²) in [5.74, 6) is 0. The smallest absolute Gasteiger partial charge is 0.150 e. The molecule has 2 heterocycles. The van der Waals surface area contributed by atoms with Crippen LogP contribution in [-0.4, -0.2) is 36.0 Å². The lowest BCUT2D eigenvalue weighted by Crippen LogP contribution is -2.30. The van der Waals surface area contributed by atoms with Gasteiger partial charge in [-0.1, -0.05) is 18.7 Å². The number of nitrogens with zero attached hydrogens (tertiary/aromatic N) is 1. The van der Waals surface area contributed by atoms with Gasteiger partial charge < -0.3 is 10.1 Å². The summed E-state index contributed by atoms with van der Waals surface area (Å²) < 4.78 is 6.72. The number of nitrogens with one attached hydrogen (secondary N) is 1. The van der Waals surface area contributed by atoms with Gasteiger partial charge in [0.1, 0.15) is 4.34 Å². The van der Waals surface area contributed by atoms with Gasteiger partial charge in [-0.2, -0.15) is 0 Å². The first-order valence-electron chi connectivity index (χ1n) is 5.73. The van der Waals surface area contributed by atoms with E-state index in [4.69, 9.17) is 4.74 Å². The Morgan fingerprint density at radius 2 is 2.69 bits per heavy atom. The fourth-order valence-electron chi connectivity index (χ4n) is 1.74. The van der Waals surface area contributed by atoms with Crippen LogP contribution in [0.4, 0.5) is 0 Å². The van der Waals surface area contributed by atoms with Crippen LogP contribution in [0.3, 0.4) is 0 Å². The molecule has 1 N–H and O–H groups in total. The topological polar surface area (TPSA) is 34.1 Å². The van der Waals surface area contributed by atoms with E-state index >= 15 is 0 Å². The first kappa shape index (κ1) is 12.4. The summed E-state index contributed by atoms with van der Waals surface area (Å²) in [7, 11) is 0. The Bertz CT molecular complexity index is 286. The number of hydrogen-bond donors (Lipinski definition) is 1. The number of rotatable bonds is 6. The zero-order valence-electron chi connectivity index (χ0n) is 9.52. The van der Waals surface area contributed by atoms with Gasteiger partial charge in [-0.15, -0.1) is 11.3 Å². The lowest BCUT2D eigenvalue weighted by Gasteiger charge is -2.13. The van der Waals surface area contributed by atoms with Crippen LogP contribution in [-0.2, 0) is 4.74 Å². The molecule has 2 rings (SSSR count). The minimum atomic E-state index is 0.442. The van der Waals surface area contributed by atoms with E-state index in [0.29, 0.717) is 11.4 Å². The van der Waals surface area contributed by atoms with Crippen LogP contribution >= 0.6 is 23.1 Å². The monoisotopic (exact) mass is 258 g/mol. The summed E-state index contributed by atoms with van der Waals surface area (Å²) in [6.45, 7) is 5.18. The molecule has 5 heteroatoms. The number of hydrogen-bond acceptors (Lipinski definition) is 5. The molecule has 2 unspecified atom stereocenters. The lowest BCUT2D eigenvalue weighted by molar-refractivity contribution is 0.110. The summed E-state index contributed by atoms with van der Waals surface area (Å²) in [5, 5.41) is 6.06. The highest BCUT2D eigenvalue weighted by Gasteiger charge is 2.15. The van der Waals surface area contributed by atoms with Gasteiger partial charge in [-0.05, 0) is 12.8 Å². The normalized spacial score (nSPS) is 22.4. The largest absolute Gasteiger partial charge is 0.377 e. The summed E-state index contributed by atoms with van der Waals surface area (Å²) in [5.41, 5.74) is 0. The maximum absolute atomic E-state index is 5.56. The zero-order valence-corrected chi connectivity index (χ0v) is 11.1. The summed E-state index contributed by atoms with van der Waals surface area (Å²) in [4.78, 5) is 4.27. The van der Waals surface area contributed by atoms with Gasteiger partial charge in [0, 0.05) is 36.5 Å². The molecule has 2 atom stereocenters. The van der Waals surface area contributed by atoms with Gasteiger partial charge in [0.2, 0.25) is 0 Å². The van der Waals surface area contributed by atoms with Crippen LogP contribution in [0.25, 0.3) is 0 Å². The van der Waals surface area contributed by atoms with Crippen molar-refractivity contribution < 1.29 is 4.74 Å². The fraction of sp³-hybridized carbons (Fsp3) is 0.727. The lowest BCUT2D eigenvalue weighted by atomic mass is 10.2. The van der Waals surface area contributed by atoms with E-state index in [0.717, 1.165) is 24.0 Å². The van der Waals surface area contributed by atoms with Gasteiger partial charge in [0.15, 0.2) is 0 Å². The summed E-state index contributed by atoms with van der Waals surface area (Å²) in [6.07, 6.45) is 4.73. The van der Waals surface area contributed by atoms with Crippen molar-refractivity contribution in [2.45, 2.75) is 35.5 Å². The minimum absolute atomic E-state index is 0.442. The second-order valence-corrected chi connectivity index (χ2v) is 6.60. The molecule has 0 aromatic carbocycles. The van der Waals surface area contributed by atoms with Crippen LogP contribution in [0.5, 0.6) is 0 Å². The predicted molar refractivity (Wildman–Crippen MR) is 69.3 cm³/mol. The van der Waals surface area contributed by atoms with E-state index in [9.17, 15) is 0 Å². The molecule has 0 aliphatic carbocycles. The molecule has 0 spiro atoms. The van der Waals surface area contributed by atoms with Crippen molar-refractivity contribution in [3.8, 4) is 0 Å². The molecule has 0 saturated carbocycles. The van der Waals surface area contributed by atoms with Crippen molar-refractivity contribution in [3.63, 3.8) is 0 Å². The van der Waals surface area contributed by atoms with E-state index in [1.165, 1.54) is 12.8 Å². The minimum Gasteiger partial charge on any atom is -0.377 e. The number of aromatic nitrogens is 1. The Morgan fingerprint density at radius 3 is 3.38 bits per heavy atom. The molecule has 90 valence electrons. The number of ether oxygens (including phenoxy) is 1. The second-order valence-electron chi connectivity index (χ2n) is 4.02. The Hall–Kier alpha value is -0.100. The first-order chi connectivity index (χ1) is 7.84. The van der Waals surface area contributed by atoms with Crippen molar-refractivity contribution in [2.24, 2.45) is 0 Å². The highest BCUT2D eigenvalue weighted by molar-refractivity contribution is 8.01. The third-order valence-corrected chi connectivity index (χ3v) is 4.56. The van der Waals surface area contributed by atoms with Gasteiger partial charge in [0.05, 0.1) is 6.10 Å². The molecule has 1 fully saturated rings. The van der Waals surface area contributed by atoms with Crippen molar-refractivity contribution >= 4 is 23.1 Å². The highest BCUT2D eigenvalue weighted by Crippen LogP contribution is 2.24. The SMILES string of the molecule is CC(CNCC1CCCO1)Sc1nccs1. The summed E-state index contributed by atoms with van der Waals surface area (Å²) >= 11 is 3.55. The summed E-state index contributed by atoms with van der Waals surface area (Å²) in [6, 6.07) is 0. The predicted octanol–water partition coefficient (Wildman–Crippen LogP) is 2.39. The van der Waals surface area contributed by atoms with Gasteiger partial charge in [-0.25, -0.2) is 4.98 Å². The first-order valence-corrected chi connectivity index (χ1v) is 7.49. The third kappa shape index (κ3) is 4.05. The molecule has 1 aliphatic heterocycles. The molecule has 0 bridgehead atoms.